The van der Waals surface area contributed by atoms with E-state index in [2.05, 4.69) is 18.4 Å². The van der Waals surface area contributed by atoms with Gasteiger partial charge >= 0.3 is 0 Å². The number of nitrogens with zero attached hydrogens (tertiary/aromatic N) is 1. The number of rotatable bonds is 3. The highest BCUT2D eigenvalue weighted by molar-refractivity contribution is 5.11. The minimum atomic E-state index is -1.08. The van der Waals surface area contributed by atoms with Crippen molar-refractivity contribution < 1.29 is 4.39 Å². The fourth-order valence-corrected chi connectivity index (χ4v) is 1.87. The van der Waals surface area contributed by atoms with Gasteiger partial charge < -0.3 is 4.90 Å². The molecule has 0 aromatic heterocycles. The van der Waals surface area contributed by atoms with Crippen LogP contribution in [0.2, 0.25) is 0 Å². The Labute approximate surface area is 80.6 Å². The summed E-state index contributed by atoms with van der Waals surface area (Å²) < 4.78 is 14.0. The van der Waals surface area contributed by atoms with E-state index in [0.29, 0.717) is 18.4 Å². The topological polar surface area (TPSA) is 3.24 Å². The zero-order chi connectivity index (χ0) is 9.90. The highest BCUT2D eigenvalue weighted by Gasteiger charge is 2.34. The number of likely N-dealkylation sites (tertiary alicyclic amines) is 1. The van der Waals surface area contributed by atoms with Crippen molar-refractivity contribution in [3.8, 4) is 0 Å². The molecule has 0 aromatic rings. The van der Waals surface area contributed by atoms with Crippen molar-refractivity contribution in [3.05, 3.63) is 12.2 Å². The summed E-state index contributed by atoms with van der Waals surface area (Å²) >= 11 is 0. The quantitative estimate of drug-likeness (QED) is 0.611. The summed E-state index contributed by atoms with van der Waals surface area (Å²) in [5, 5.41) is 0. The van der Waals surface area contributed by atoms with Gasteiger partial charge in [0.25, 0.3) is 0 Å². The van der Waals surface area contributed by atoms with Crippen molar-refractivity contribution in [2.45, 2.75) is 38.8 Å². The van der Waals surface area contributed by atoms with E-state index < -0.39 is 5.67 Å². The van der Waals surface area contributed by atoms with E-state index >= 15 is 0 Å². The standard InChI is InChI=1S/C11H20FN/c1-4-7-13-8-5-11(12,6-9-13)10(2)3/h2,4-9H2,1,3H3. The first-order valence-electron chi connectivity index (χ1n) is 5.16. The lowest BCUT2D eigenvalue weighted by Crippen LogP contribution is -2.42. The molecule has 0 aromatic carbocycles. The van der Waals surface area contributed by atoms with Crippen LogP contribution in [0.25, 0.3) is 0 Å². The molecule has 1 fully saturated rings. The number of hydrogen-bond acceptors (Lipinski definition) is 1. The number of halogens is 1. The van der Waals surface area contributed by atoms with E-state index in [1.54, 1.807) is 6.92 Å². The second kappa shape index (κ2) is 4.23. The van der Waals surface area contributed by atoms with Crippen LogP contribution >= 0.6 is 0 Å². The summed E-state index contributed by atoms with van der Waals surface area (Å²) in [7, 11) is 0. The molecule has 0 saturated carbocycles. The molecule has 0 amide bonds. The third kappa shape index (κ3) is 2.53. The van der Waals surface area contributed by atoms with E-state index in [4.69, 9.17) is 0 Å². The Morgan fingerprint density at radius 2 is 2.00 bits per heavy atom. The van der Waals surface area contributed by atoms with Crippen LogP contribution in [0.15, 0.2) is 12.2 Å². The van der Waals surface area contributed by atoms with Gasteiger partial charge in [-0.2, -0.15) is 0 Å². The number of hydrogen-bond donors (Lipinski definition) is 0. The van der Waals surface area contributed by atoms with Crippen LogP contribution in [0.5, 0.6) is 0 Å². The van der Waals surface area contributed by atoms with Crippen LogP contribution in [-0.2, 0) is 0 Å². The molecule has 76 valence electrons. The zero-order valence-corrected chi connectivity index (χ0v) is 8.77. The third-order valence-corrected chi connectivity index (χ3v) is 2.95. The van der Waals surface area contributed by atoms with Crippen molar-refractivity contribution in [3.63, 3.8) is 0 Å². The number of allylic oxidation sites excluding steroid dienone is 1. The van der Waals surface area contributed by atoms with Gasteiger partial charge in [-0.05, 0) is 38.3 Å². The van der Waals surface area contributed by atoms with Crippen LogP contribution in [0, 0.1) is 0 Å². The molecule has 0 atom stereocenters. The van der Waals surface area contributed by atoms with E-state index in [1.165, 1.54) is 0 Å². The monoisotopic (exact) mass is 185 g/mol. The van der Waals surface area contributed by atoms with E-state index in [-0.39, 0.29) is 0 Å². The molecule has 1 nitrogen and oxygen atoms in total. The molecule has 13 heavy (non-hydrogen) atoms. The third-order valence-electron chi connectivity index (χ3n) is 2.95. The maximum absolute atomic E-state index is 14.0. The molecule has 0 N–H and O–H groups in total. The first kappa shape index (κ1) is 10.7. The molecule has 1 heterocycles. The molecule has 0 unspecified atom stereocenters. The second-order valence-corrected chi connectivity index (χ2v) is 4.09. The molecule has 0 aliphatic carbocycles. The maximum atomic E-state index is 14.0. The lowest BCUT2D eigenvalue weighted by molar-refractivity contribution is 0.0883. The Morgan fingerprint density at radius 1 is 1.46 bits per heavy atom. The van der Waals surface area contributed by atoms with Crippen molar-refractivity contribution >= 4 is 0 Å². The normalized spacial score (nSPS) is 23.0. The van der Waals surface area contributed by atoms with Gasteiger partial charge in [0, 0.05) is 13.1 Å². The number of piperidine rings is 1. The molecular weight excluding hydrogens is 165 g/mol. The fraction of sp³-hybridized carbons (Fsp3) is 0.818. The van der Waals surface area contributed by atoms with Gasteiger partial charge in [-0.25, -0.2) is 4.39 Å². The van der Waals surface area contributed by atoms with Gasteiger partial charge in [0.15, 0.2) is 0 Å². The summed E-state index contributed by atoms with van der Waals surface area (Å²) in [6.07, 6.45) is 2.41. The second-order valence-electron chi connectivity index (χ2n) is 4.09. The molecule has 0 radical (unpaired) electrons. The zero-order valence-electron chi connectivity index (χ0n) is 8.77. The highest BCUT2D eigenvalue weighted by Crippen LogP contribution is 2.32. The van der Waals surface area contributed by atoms with E-state index in [0.717, 1.165) is 26.1 Å². The Kier molecular flexibility index (Phi) is 3.48. The molecule has 1 aliphatic heterocycles. The van der Waals surface area contributed by atoms with Gasteiger partial charge in [0.2, 0.25) is 0 Å². The summed E-state index contributed by atoms with van der Waals surface area (Å²) in [4.78, 5) is 2.33. The predicted molar refractivity (Wildman–Crippen MR) is 54.6 cm³/mol. The van der Waals surface area contributed by atoms with Gasteiger partial charge in [0.1, 0.15) is 5.67 Å². The average Bonchev–Trinajstić information content (AvgIpc) is 2.09. The highest BCUT2D eigenvalue weighted by atomic mass is 19.1. The van der Waals surface area contributed by atoms with Crippen molar-refractivity contribution in [1.82, 2.24) is 4.90 Å². The Morgan fingerprint density at radius 3 is 2.38 bits per heavy atom. The summed E-state index contributed by atoms with van der Waals surface area (Å²) in [5.41, 5.74) is -0.381. The molecule has 1 saturated heterocycles. The van der Waals surface area contributed by atoms with E-state index in [9.17, 15) is 4.39 Å². The first-order chi connectivity index (χ1) is 6.08. The van der Waals surface area contributed by atoms with Crippen LogP contribution in [0.4, 0.5) is 4.39 Å². The maximum Gasteiger partial charge on any atom is 0.134 e. The minimum absolute atomic E-state index is 0.627. The van der Waals surface area contributed by atoms with Gasteiger partial charge in [0.05, 0.1) is 0 Å². The summed E-state index contributed by atoms with van der Waals surface area (Å²) in [5.74, 6) is 0. The first-order valence-corrected chi connectivity index (χ1v) is 5.16. The molecule has 1 rings (SSSR count). The van der Waals surface area contributed by atoms with E-state index in [1.807, 2.05) is 0 Å². The van der Waals surface area contributed by atoms with Crippen LogP contribution in [0.1, 0.15) is 33.1 Å². The van der Waals surface area contributed by atoms with Crippen LogP contribution in [0.3, 0.4) is 0 Å². The molecule has 1 aliphatic rings. The van der Waals surface area contributed by atoms with Crippen molar-refractivity contribution in [1.29, 1.82) is 0 Å². The molecule has 2 heteroatoms. The smallest absolute Gasteiger partial charge is 0.134 e. The van der Waals surface area contributed by atoms with Gasteiger partial charge in [-0.15, -0.1) is 0 Å². The molecule has 0 spiro atoms. The molecular formula is C11H20FN. The lowest BCUT2D eigenvalue weighted by Gasteiger charge is -2.36. The average molecular weight is 185 g/mol. The number of alkyl halides is 1. The van der Waals surface area contributed by atoms with Crippen LogP contribution in [-0.4, -0.2) is 30.2 Å². The fourth-order valence-electron chi connectivity index (χ4n) is 1.87. The van der Waals surface area contributed by atoms with Crippen LogP contribution < -0.4 is 0 Å². The summed E-state index contributed by atoms with van der Waals surface area (Å²) in [6.45, 7) is 10.6. The van der Waals surface area contributed by atoms with Gasteiger partial charge in [-0.1, -0.05) is 13.5 Å². The predicted octanol–water partition coefficient (Wildman–Crippen LogP) is 2.78. The Hall–Kier alpha value is -0.370. The SMILES string of the molecule is C=C(C)C1(F)CCN(CCC)CC1. The molecule has 0 bridgehead atoms. The summed E-state index contributed by atoms with van der Waals surface area (Å²) in [6, 6.07) is 0. The van der Waals surface area contributed by atoms with Crippen molar-refractivity contribution in [2.75, 3.05) is 19.6 Å². The van der Waals surface area contributed by atoms with Crippen molar-refractivity contribution in [2.24, 2.45) is 0 Å². The largest absolute Gasteiger partial charge is 0.303 e. The minimum Gasteiger partial charge on any atom is -0.303 e. The lowest BCUT2D eigenvalue weighted by atomic mass is 9.87. The Bertz CT molecular complexity index is 181. The van der Waals surface area contributed by atoms with Gasteiger partial charge in [-0.3, -0.25) is 0 Å². The Balaban J connectivity index is 2.42.